The summed E-state index contributed by atoms with van der Waals surface area (Å²) < 4.78 is 1.41. The molecule has 0 aromatic heterocycles. The maximum absolute atomic E-state index is 9.74. The van der Waals surface area contributed by atoms with Crippen LogP contribution in [0.25, 0.3) is 0 Å². The van der Waals surface area contributed by atoms with Gasteiger partial charge < -0.3 is 10.2 Å². The summed E-state index contributed by atoms with van der Waals surface area (Å²) in [6, 6.07) is 4.32. The van der Waals surface area contributed by atoms with Crippen LogP contribution in [0.3, 0.4) is 0 Å². The topological polar surface area (TPSA) is 43.7 Å². The largest absolute Gasteiger partial charge is 0.506 e. The average Bonchev–Trinajstić information content (AvgIpc) is 2.36. The molecule has 1 fully saturated rings. The number of hydrogen-bond donors (Lipinski definition) is 2. The smallest absolute Gasteiger partial charge is 0.143 e. The van der Waals surface area contributed by atoms with Crippen molar-refractivity contribution in [2.45, 2.75) is 44.4 Å². The third kappa shape index (κ3) is 3.94. The van der Waals surface area contributed by atoms with Crippen molar-refractivity contribution in [2.24, 2.45) is 0 Å². The molecular weight excluding hydrogens is 374 g/mol. The molecule has 0 heterocycles. The maximum Gasteiger partial charge on any atom is 0.143 e. The predicted octanol–water partition coefficient (Wildman–Crippen LogP) is 3.65. The van der Waals surface area contributed by atoms with E-state index in [-0.39, 0.29) is 11.9 Å². The third-order valence-corrected chi connectivity index (χ3v) is 4.96. The first kappa shape index (κ1) is 15.3. The fraction of sp³-hybridized carbons (Fsp3) is 0.571. The van der Waals surface area contributed by atoms with Crippen molar-refractivity contribution in [3.05, 3.63) is 26.6 Å². The number of nitrogens with zero attached hydrogens (tertiary/aromatic N) is 1. The molecule has 1 aromatic rings. The highest BCUT2D eigenvalue weighted by atomic mass is 79.9. The number of aliphatic hydroxyl groups excluding tert-OH is 1. The Hall–Kier alpha value is -0.100. The summed E-state index contributed by atoms with van der Waals surface area (Å²) in [5.74, 6) is 0.236. The van der Waals surface area contributed by atoms with Crippen molar-refractivity contribution in [3.63, 3.8) is 0 Å². The predicted molar refractivity (Wildman–Crippen MR) is 83.2 cm³/mol. The maximum atomic E-state index is 9.74. The Kier molecular flexibility index (Phi) is 5.29. The minimum absolute atomic E-state index is 0.153. The summed E-state index contributed by atoms with van der Waals surface area (Å²) in [5.41, 5.74) is 1.14. The minimum atomic E-state index is -0.153. The molecule has 1 aliphatic rings. The van der Waals surface area contributed by atoms with Crippen LogP contribution in [-0.4, -0.2) is 34.3 Å². The summed E-state index contributed by atoms with van der Waals surface area (Å²) in [6.07, 6.45) is 3.88. The molecule has 5 heteroatoms. The van der Waals surface area contributed by atoms with Crippen LogP contribution in [0.15, 0.2) is 21.1 Å². The Labute approximate surface area is 130 Å². The molecule has 2 unspecified atom stereocenters. The first-order chi connectivity index (χ1) is 8.97. The molecule has 3 nitrogen and oxygen atoms in total. The van der Waals surface area contributed by atoms with Crippen LogP contribution in [0, 0.1) is 0 Å². The molecular formula is C14H19Br2NO2. The number of rotatable bonds is 3. The van der Waals surface area contributed by atoms with Crippen LogP contribution in [0.4, 0.5) is 0 Å². The zero-order valence-electron chi connectivity index (χ0n) is 10.9. The molecule has 0 radical (unpaired) electrons. The van der Waals surface area contributed by atoms with E-state index in [1.54, 1.807) is 0 Å². The van der Waals surface area contributed by atoms with Gasteiger partial charge in [-0.25, -0.2) is 0 Å². The lowest BCUT2D eigenvalue weighted by Gasteiger charge is -2.33. The molecule has 0 amide bonds. The van der Waals surface area contributed by atoms with E-state index in [9.17, 15) is 10.2 Å². The number of benzene rings is 1. The van der Waals surface area contributed by atoms with Gasteiger partial charge in [0.05, 0.1) is 15.0 Å². The zero-order chi connectivity index (χ0) is 14.0. The van der Waals surface area contributed by atoms with Gasteiger partial charge in [0.25, 0.3) is 0 Å². The average molecular weight is 393 g/mol. The van der Waals surface area contributed by atoms with E-state index in [0.717, 1.165) is 37.8 Å². The highest BCUT2D eigenvalue weighted by molar-refractivity contribution is 9.11. The summed E-state index contributed by atoms with van der Waals surface area (Å²) >= 11 is 6.71. The molecule has 0 aliphatic heterocycles. The molecule has 1 saturated carbocycles. The van der Waals surface area contributed by atoms with Crippen LogP contribution in [0.5, 0.6) is 5.75 Å². The van der Waals surface area contributed by atoms with Crippen molar-refractivity contribution in [2.75, 3.05) is 7.05 Å². The first-order valence-electron chi connectivity index (χ1n) is 6.52. The van der Waals surface area contributed by atoms with E-state index >= 15 is 0 Å². The molecule has 2 atom stereocenters. The molecule has 19 heavy (non-hydrogen) atoms. The second-order valence-electron chi connectivity index (χ2n) is 5.30. The first-order valence-corrected chi connectivity index (χ1v) is 8.11. The van der Waals surface area contributed by atoms with E-state index in [0.29, 0.717) is 15.0 Å². The Morgan fingerprint density at radius 2 is 1.89 bits per heavy atom. The van der Waals surface area contributed by atoms with Crippen LogP contribution in [0.1, 0.15) is 31.2 Å². The van der Waals surface area contributed by atoms with Crippen LogP contribution >= 0.6 is 31.9 Å². The quantitative estimate of drug-likeness (QED) is 0.824. The second-order valence-corrected chi connectivity index (χ2v) is 7.01. The molecule has 0 bridgehead atoms. The number of aliphatic hydroxyl groups is 1. The number of phenolic OH excluding ortho intramolecular Hbond substituents is 1. The third-order valence-electron chi connectivity index (χ3n) is 3.75. The van der Waals surface area contributed by atoms with Gasteiger partial charge in [-0.1, -0.05) is 0 Å². The van der Waals surface area contributed by atoms with Crippen molar-refractivity contribution in [1.29, 1.82) is 0 Å². The summed E-state index contributed by atoms with van der Waals surface area (Å²) in [6.45, 7) is 0.814. The van der Waals surface area contributed by atoms with Gasteiger partial charge in [-0.05, 0) is 82.3 Å². The van der Waals surface area contributed by atoms with Crippen LogP contribution < -0.4 is 0 Å². The molecule has 0 spiro atoms. The Balaban J connectivity index is 2.04. The molecule has 1 aliphatic carbocycles. The van der Waals surface area contributed by atoms with Gasteiger partial charge in [-0.15, -0.1) is 0 Å². The molecule has 2 rings (SSSR count). The van der Waals surface area contributed by atoms with Gasteiger partial charge in [0.1, 0.15) is 5.75 Å². The number of hydrogen-bond acceptors (Lipinski definition) is 3. The summed E-state index contributed by atoms with van der Waals surface area (Å²) in [7, 11) is 2.09. The van der Waals surface area contributed by atoms with Gasteiger partial charge in [0, 0.05) is 12.6 Å². The molecule has 106 valence electrons. The number of phenols is 1. The van der Waals surface area contributed by atoms with Gasteiger partial charge in [0.2, 0.25) is 0 Å². The standard InChI is InChI=1S/C14H19Br2NO2/c1-17(10-3-2-4-11(18)7-10)8-9-5-12(15)14(19)13(16)6-9/h5-6,10-11,18-19H,2-4,7-8H2,1H3. The lowest BCUT2D eigenvalue weighted by atomic mass is 9.92. The van der Waals surface area contributed by atoms with E-state index in [1.165, 1.54) is 0 Å². The monoisotopic (exact) mass is 391 g/mol. The molecule has 1 aromatic carbocycles. The highest BCUT2D eigenvalue weighted by Gasteiger charge is 2.23. The van der Waals surface area contributed by atoms with Crippen LogP contribution in [-0.2, 0) is 6.54 Å². The van der Waals surface area contributed by atoms with E-state index in [1.807, 2.05) is 12.1 Å². The lowest BCUT2D eigenvalue weighted by Crippen LogP contribution is -2.37. The lowest BCUT2D eigenvalue weighted by molar-refractivity contribution is 0.0700. The van der Waals surface area contributed by atoms with E-state index < -0.39 is 0 Å². The normalized spacial score (nSPS) is 23.8. The summed E-state index contributed by atoms with van der Waals surface area (Å²) in [5, 5.41) is 19.5. The Bertz CT molecular complexity index is 430. The van der Waals surface area contributed by atoms with Crippen molar-refractivity contribution in [3.8, 4) is 5.75 Å². The fourth-order valence-electron chi connectivity index (χ4n) is 2.67. The fourth-order valence-corrected chi connectivity index (χ4v) is 3.95. The molecule has 2 N–H and O–H groups in total. The van der Waals surface area contributed by atoms with Crippen molar-refractivity contribution in [1.82, 2.24) is 4.90 Å². The zero-order valence-corrected chi connectivity index (χ0v) is 14.1. The SMILES string of the molecule is CN(Cc1cc(Br)c(O)c(Br)c1)C1CCCC(O)C1. The summed E-state index contributed by atoms with van der Waals surface area (Å²) in [4.78, 5) is 2.29. The van der Waals surface area contributed by atoms with Crippen molar-refractivity contribution >= 4 is 31.9 Å². The Morgan fingerprint density at radius 1 is 1.26 bits per heavy atom. The second kappa shape index (κ2) is 6.57. The van der Waals surface area contributed by atoms with Crippen LogP contribution in [0.2, 0.25) is 0 Å². The number of halogens is 2. The van der Waals surface area contributed by atoms with Gasteiger partial charge in [-0.3, -0.25) is 4.90 Å². The highest BCUT2D eigenvalue weighted by Crippen LogP contribution is 2.34. The minimum Gasteiger partial charge on any atom is -0.506 e. The number of aromatic hydroxyl groups is 1. The van der Waals surface area contributed by atoms with Crippen molar-refractivity contribution < 1.29 is 10.2 Å². The van der Waals surface area contributed by atoms with Gasteiger partial charge >= 0.3 is 0 Å². The van der Waals surface area contributed by atoms with E-state index in [2.05, 4.69) is 43.8 Å². The van der Waals surface area contributed by atoms with Gasteiger partial charge in [-0.2, -0.15) is 0 Å². The molecule has 0 saturated heterocycles. The van der Waals surface area contributed by atoms with E-state index in [4.69, 9.17) is 0 Å². The van der Waals surface area contributed by atoms with Gasteiger partial charge in [0.15, 0.2) is 0 Å². The Morgan fingerprint density at radius 3 is 2.47 bits per heavy atom.